The van der Waals surface area contributed by atoms with E-state index in [1.54, 1.807) is 12.1 Å². The Labute approximate surface area is 98.8 Å². The number of hydrogen-bond acceptors (Lipinski definition) is 2. The fourth-order valence-corrected chi connectivity index (χ4v) is 1.84. The molecule has 5 heteroatoms. The molecule has 3 nitrogen and oxygen atoms in total. The van der Waals surface area contributed by atoms with Gasteiger partial charge in [0.1, 0.15) is 0 Å². The molecular weight excluding hydrogens is 281 g/mol. The Morgan fingerprint density at radius 2 is 2.20 bits per heavy atom. The van der Waals surface area contributed by atoms with Gasteiger partial charge >= 0.3 is 5.97 Å². The van der Waals surface area contributed by atoms with Crippen molar-refractivity contribution >= 4 is 44.4 Å². The summed E-state index contributed by atoms with van der Waals surface area (Å²) in [5.41, 5.74) is 0.920. The van der Waals surface area contributed by atoms with Gasteiger partial charge in [0.2, 0.25) is 0 Å². The van der Waals surface area contributed by atoms with Crippen LogP contribution >= 0.6 is 27.5 Å². The number of rotatable bonds is 1. The predicted molar refractivity (Wildman–Crippen MR) is 61.4 cm³/mol. The Hall–Kier alpha value is -1.13. The zero-order valence-electron chi connectivity index (χ0n) is 7.37. The summed E-state index contributed by atoms with van der Waals surface area (Å²) in [6.45, 7) is 0. The number of carboxylic acids is 1. The van der Waals surface area contributed by atoms with Crippen molar-refractivity contribution in [3.8, 4) is 0 Å². The van der Waals surface area contributed by atoms with Crippen LogP contribution in [0.3, 0.4) is 0 Å². The summed E-state index contributed by atoms with van der Waals surface area (Å²) >= 11 is 9.16. The van der Waals surface area contributed by atoms with Crippen LogP contribution in [-0.2, 0) is 0 Å². The minimum absolute atomic E-state index is 0.215. The number of nitrogens with zero attached hydrogens (tertiary/aromatic N) is 1. The number of pyridine rings is 1. The quantitative estimate of drug-likeness (QED) is 0.874. The number of fused-ring (bicyclic) bond motifs is 1. The molecule has 1 aromatic heterocycles. The first-order chi connectivity index (χ1) is 7.09. The lowest BCUT2D eigenvalue weighted by atomic mass is 10.1. The van der Waals surface area contributed by atoms with Gasteiger partial charge in [0.25, 0.3) is 0 Å². The van der Waals surface area contributed by atoms with Crippen LogP contribution in [-0.4, -0.2) is 16.1 Å². The van der Waals surface area contributed by atoms with Crippen molar-refractivity contribution in [3.63, 3.8) is 0 Å². The number of halogens is 2. The first kappa shape index (κ1) is 10.4. The van der Waals surface area contributed by atoms with Crippen LogP contribution in [0, 0.1) is 0 Å². The van der Waals surface area contributed by atoms with Crippen LogP contribution in [0.4, 0.5) is 0 Å². The molecule has 0 bridgehead atoms. The van der Waals surface area contributed by atoms with Crippen LogP contribution in [0.5, 0.6) is 0 Å². The molecule has 0 saturated carbocycles. The molecule has 0 spiro atoms. The van der Waals surface area contributed by atoms with Crippen LogP contribution in [0.1, 0.15) is 10.4 Å². The van der Waals surface area contributed by atoms with Gasteiger partial charge in [-0.15, -0.1) is 0 Å². The normalized spacial score (nSPS) is 10.5. The lowest BCUT2D eigenvalue weighted by Crippen LogP contribution is -1.96. The zero-order chi connectivity index (χ0) is 11.0. The smallest absolute Gasteiger partial charge is 0.335 e. The number of aromatic nitrogens is 1. The maximum Gasteiger partial charge on any atom is 0.335 e. The molecule has 15 heavy (non-hydrogen) atoms. The maximum absolute atomic E-state index is 10.8. The van der Waals surface area contributed by atoms with Crippen molar-refractivity contribution in [2.24, 2.45) is 0 Å². The van der Waals surface area contributed by atoms with E-state index in [-0.39, 0.29) is 5.56 Å². The van der Waals surface area contributed by atoms with Gasteiger partial charge in [-0.1, -0.05) is 11.6 Å². The lowest BCUT2D eigenvalue weighted by Gasteiger charge is -2.02. The molecule has 1 aromatic carbocycles. The highest BCUT2D eigenvalue weighted by Gasteiger charge is 2.08. The van der Waals surface area contributed by atoms with Gasteiger partial charge in [-0.25, -0.2) is 4.79 Å². The van der Waals surface area contributed by atoms with Crippen molar-refractivity contribution in [2.75, 3.05) is 0 Å². The highest BCUT2D eigenvalue weighted by atomic mass is 79.9. The second-order valence-electron chi connectivity index (χ2n) is 2.96. The fourth-order valence-electron chi connectivity index (χ4n) is 1.27. The van der Waals surface area contributed by atoms with Crippen LogP contribution in [0.2, 0.25) is 5.02 Å². The van der Waals surface area contributed by atoms with Gasteiger partial charge in [-0.05, 0) is 34.1 Å². The van der Waals surface area contributed by atoms with Gasteiger partial charge in [-0.3, -0.25) is 4.98 Å². The summed E-state index contributed by atoms with van der Waals surface area (Å²) < 4.78 is 0.664. The van der Waals surface area contributed by atoms with Crippen molar-refractivity contribution in [1.29, 1.82) is 0 Å². The molecule has 1 N–H and O–H groups in total. The molecule has 1 heterocycles. The number of aromatic carboxylic acids is 1. The minimum atomic E-state index is -0.969. The van der Waals surface area contributed by atoms with Crippen molar-refractivity contribution < 1.29 is 9.90 Å². The van der Waals surface area contributed by atoms with Crippen molar-refractivity contribution in [3.05, 3.63) is 39.5 Å². The Morgan fingerprint density at radius 1 is 1.47 bits per heavy atom. The second kappa shape index (κ2) is 3.79. The Bertz CT molecular complexity index is 556. The monoisotopic (exact) mass is 285 g/mol. The van der Waals surface area contributed by atoms with Crippen molar-refractivity contribution in [2.45, 2.75) is 0 Å². The van der Waals surface area contributed by atoms with E-state index in [4.69, 9.17) is 16.7 Å². The van der Waals surface area contributed by atoms with Crippen LogP contribution < -0.4 is 0 Å². The molecule has 0 fully saturated rings. The third kappa shape index (κ3) is 1.82. The molecule has 0 aliphatic heterocycles. The summed E-state index contributed by atoms with van der Waals surface area (Å²) in [5.74, 6) is -0.969. The number of benzene rings is 1. The van der Waals surface area contributed by atoms with E-state index in [1.165, 1.54) is 12.3 Å². The third-order valence-electron chi connectivity index (χ3n) is 2.01. The summed E-state index contributed by atoms with van der Waals surface area (Å²) in [6.07, 6.45) is 1.52. The van der Waals surface area contributed by atoms with Crippen molar-refractivity contribution in [1.82, 2.24) is 4.98 Å². The lowest BCUT2D eigenvalue weighted by molar-refractivity contribution is 0.0697. The molecule has 2 rings (SSSR count). The summed E-state index contributed by atoms with van der Waals surface area (Å²) in [7, 11) is 0. The SMILES string of the molecule is O=C(O)c1ccc2ncc(Cl)c(Br)c2c1. The number of carboxylic acid groups (broad SMARTS) is 1. The van der Waals surface area contributed by atoms with E-state index in [0.717, 1.165) is 0 Å². The number of hydrogen-bond donors (Lipinski definition) is 1. The van der Waals surface area contributed by atoms with Crippen LogP contribution in [0.25, 0.3) is 10.9 Å². The van der Waals surface area contributed by atoms with E-state index < -0.39 is 5.97 Å². The van der Waals surface area contributed by atoms with E-state index in [2.05, 4.69) is 20.9 Å². The molecule has 0 aliphatic carbocycles. The Kier molecular flexibility index (Phi) is 2.63. The maximum atomic E-state index is 10.8. The van der Waals surface area contributed by atoms with Gasteiger partial charge in [-0.2, -0.15) is 0 Å². The molecule has 0 radical (unpaired) electrons. The van der Waals surface area contributed by atoms with E-state index in [0.29, 0.717) is 20.4 Å². The average molecular weight is 287 g/mol. The van der Waals surface area contributed by atoms with Gasteiger partial charge in [0, 0.05) is 16.1 Å². The van der Waals surface area contributed by atoms with E-state index in [1.807, 2.05) is 0 Å². The largest absolute Gasteiger partial charge is 0.478 e. The average Bonchev–Trinajstić information content (AvgIpc) is 2.23. The standard InChI is InChI=1S/C10H5BrClNO2/c11-9-6-3-5(10(14)15)1-2-8(6)13-4-7(9)12/h1-4H,(H,14,15). The highest BCUT2D eigenvalue weighted by Crippen LogP contribution is 2.29. The summed E-state index contributed by atoms with van der Waals surface area (Å²) in [4.78, 5) is 14.9. The van der Waals surface area contributed by atoms with Gasteiger partial charge < -0.3 is 5.11 Å². The molecule has 0 atom stereocenters. The molecular formula is C10H5BrClNO2. The predicted octanol–water partition coefficient (Wildman–Crippen LogP) is 3.35. The minimum Gasteiger partial charge on any atom is -0.478 e. The molecule has 76 valence electrons. The van der Waals surface area contributed by atoms with E-state index in [9.17, 15) is 4.79 Å². The Morgan fingerprint density at radius 3 is 2.87 bits per heavy atom. The molecule has 0 unspecified atom stereocenters. The summed E-state index contributed by atoms with van der Waals surface area (Å²) in [6, 6.07) is 4.71. The molecule has 0 amide bonds. The Balaban J connectivity index is 2.79. The fraction of sp³-hybridized carbons (Fsp3) is 0. The first-order valence-electron chi connectivity index (χ1n) is 4.06. The third-order valence-corrected chi connectivity index (χ3v) is 3.38. The van der Waals surface area contributed by atoms with E-state index >= 15 is 0 Å². The highest BCUT2D eigenvalue weighted by molar-refractivity contribution is 9.10. The molecule has 0 saturated heterocycles. The summed E-state index contributed by atoms with van der Waals surface area (Å²) in [5, 5.41) is 10.00. The topological polar surface area (TPSA) is 50.2 Å². The zero-order valence-corrected chi connectivity index (χ0v) is 9.71. The second-order valence-corrected chi connectivity index (χ2v) is 4.16. The molecule has 2 aromatic rings. The number of carbonyl (C=O) groups is 1. The molecule has 0 aliphatic rings. The van der Waals surface area contributed by atoms with Gasteiger partial charge in [0.05, 0.1) is 16.1 Å². The first-order valence-corrected chi connectivity index (χ1v) is 5.24. The van der Waals surface area contributed by atoms with Gasteiger partial charge in [0.15, 0.2) is 0 Å². The van der Waals surface area contributed by atoms with Crippen LogP contribution in [0.15, 0.2) is 28.9 Å².